The van der Waals surface area contributed by atoms with Crippen LogP contribution < -0.4 is 9.64 Å². The Balaban J connectivity index is 2.01. The predicted octanol–water partition coefficient (Wildman–Crippen LogP) is 1.51. The van der Waals surface area contributed by atoms with Crippen molar-refractivity contribution >= 4 is 11.4 Å². The Hall–Kier alpha value is -1.86. The lowest BCUT2D eigenvalue weighted by Crippen LogP contribution is -2.40. The highest BCUT2D eigenvalue weighted by molar-refractivity contribution is 5.68. The van der Waals surface area contributed by atoms with E-state index >= 15 is 0 Å². The first kappa shape index (κ1) is 15.1. The summed E-state index contributed by atoms with van der Waals surface area (Å²) in [5.74, 6) is 0.634. The van der Waals surface area contributed by atoms with Gasteiger partial charge in [-0.1, -0.05) is 0 Å². The maximum absolute atomic E-state index is 11.4. The smallest absolute Gasteiger partial charge is 0.293 e. The second-order valence-electron chi connectivity index (χ2n) is 6.02. The summed E-state index contributed by atoms with van der Waals surface area (Å²) in [6.07, 6.45) is 1.31. The molecule has 0 saturated carbocycles. The molecule has 1 aromatic rings. The topological polar surface area (TPSA) is 85.1 Å². The Morgan fingerprint density at radius 3 is 2.77 bits per heavy atom. The first-order valence-corrected chi connectivity index (χ1v) is 7.46. The van der Waals surface area contributed by atoms with Gasteiger partial charge < -0.3 is 19.5 Å². The summed E-state index contributed by atoms with van der Waals surface area (Å²) >= 11 is 0. The van der Waals surface area contributed by atoms with Gasteiger partial charge in [0.05, 0.1) is 24.7 Å². The molecule has 0 bridgehead atoms. The average Bonchev–Trinajstić information content (AvgIpc) is 2.54. The number of ether oxygens (including phenoxy) is 2. The number of anilines is 1. The first-order chi connectivity index (χ1) is 10.5. The van der Waals surface area contributed by atoms with E-state index in [1.54, 1.807) is 12.1 Å². The van der Waals surface area contributed by atoms with Crippen molar-refractivity contribution in [3.05, 3.63) is 27.8 Å². The summed E-state index contributed by atoms with van der Waals surface area (Å²) in [5, 5.41) is 20.9. The fourth-order valence-corrected chi connectivity index (χ4v) is 2.92. The fraction of sp³-hybridized carbons (Fsp3) is 0.600. The van der Waals surface area contributed by atoms with Gasteiger partial charge in [0.15, 0.2) is 0 Å². The SMILES string of the molecule is CC1(CO)CCc2cc([N+](=O)[O-])c(N3CCOCC3)cc2O1. The van der Waals surface area contributed by atoms with Gasteiger partial charge in [0.1, 0.15) is 17.0 Å². The zero-order valence-corrected chi connectivity index (χ0v) is 12.6. The number of fused-ring (bicyclic) bond motifs is 1. The molecule has 7 nitrogen and oxygen atoms in total. The van der Waals surface area contributed by atoms with Crippen LogP contribution in [0.5, 0.6) is 5.75 Å². The van der Waals surface area contributed by atoms with Crippen LogP contribution in [0.15, 0.2) is 12.1 Å². The van der Waals surface area contributed by atoms with Gasteiger partial charge in [0, 0.05) is 30.8 Å². The molecular weight excluding hydrogens is 288 g/mol. The predicted molar refractivity (Wildman–Crippen MR) is 80.6 cm³/mol. The number of aliphatic hydroxyl groups excluding tert-OH is 1. The molecule has 7 heteroatoms. The molecule has 1 N–H and O–H groups in total. The first-order valence-electron chi connectivity index (χ1n) is 7.46. The number of nitro groups is 1. The van der Waals surface area contributed by atoms with E-state index in [4.69, 9.17) is 9.47 Å². The lowest BCUT2D eigenvalue weighted by Gasteiger charge is -2.35. The van der Waals surface area contributed by atoms with Crippen molar-refractivity contribution < 1.29 is 19.5 Å². The highest BCUT2D eigenvalue weighted by atomic mass is 16.6. The third-order valence-electron chi connectivity index (χ3n) is 4.32. The molecule has 2 aliphatic heterocycles. The lowest BCUT2D eigenvalue weighted by atomic mass is 9.92. The summed E-state index contributed by atoms with van der Waals surface area (Å²) in [5.41, 5.74) is 0.881. The van der Waals surface area contributed by atoms with E-state index in [2.05, 4.69) is 0 Å². The molecule has 0 radical (unpaired) electrons. The van der Waals surface area contributed by atoms with Crippen LogP contribution in [0.3, 0.4) is 0 Å². The van der Waals surface area contributed by atoms with Crippen molar-refractivity contribution in [3.8, 4) is 5.75 Å². The average molecular weight is 308 g/mol. The standard InChI is InChI=1S/C15H20N2O5/c1-15(10-18)3-2-11-8-13(17(19)20)12(9-14(11)22-15)16-4-6-21-7-5-16/h8-9,18H,2-7,10H2,1H3. The second-order valence-corrected chi connectivity index (χ2v) is 6.02. The van der Waals surface area contributed by atoms with E-state index in [0.717, 1.165) is 5.56 Å². The van der Waals surface area contributed by atoms with Crippen molar-refractivity contribution in [2.45, 2.75) is 25.4 Å². The van der Waals surface area contributed by atoms with Crippen molar-refractivity contribution in [1.82, 2.24) is 0 Å². The van der Waals surface area contributed by atoms with E-state index in [1.165, 1.54) is 0 Å². The lowest BCUT2D eigenvalue weighted by molar-refractivity contribution is -0.384. The Bertz CT molecular complexity index is 586. The molecular formula is C15H20N2O5. The molecule has 0 amide bonds. The van der Waals surface area contributed by atoms with Crippen LogP contribution in [-0.4, -0.2) is 48.5 Å². The number of rotatable bonds is 3. The maximum Gasteiger partial charge on any atom is 0.293 e. The molecule has 1 saturated heterocycles. The number of nitrogens with zero attached hydrogens (tertiary/aromatic N) is 2. The van der Waals surface area contributed by atoms with Crippen LogP contribution in [-0.2, 0) is 11.2 Å². The number of benzene rings is 1. The van der Waals surface area contributed by atoms with Crippen LogP contribution >= 0.6 is 0 Å². The molecule has 0 aliphatic carbocycles. The summed E-state index contributed by atoms with van der Waals surface area (Å²) in [6, 6.07) is 3.35. The molecule has 1 unspecified atom stereocenters. The van der Waals surface area contributed by atoms with Crippen molar-refractivity contribution in [3.63, 3.8) is 0 Å². The third kappa shape index (κ3) is 2.74. The van der Waals surface area contributed by atoms with Gasteiger partial charge in [0.25, 0.3) is 5.69 Å². The van der Waals surface area contributed by atoms with E-state index in [-0.39, 0.29) is 17.2 Å². The largest absolute Gasteiger partial charge is 0.485 e. The number of morpholine rings is 1. The number of aliphatic hydroxyl groups is 1. The molecule has 120 valence electrons. The number of hydrogen-bond donors (Lipinski definition) is 1. The summed E-state index contributed by atoms with van der Waals surface area (Å²) < 4.78 is 11.2. The van der Waals surface area contributed by atoms with Crippen LogP contribution in [0.1, 0.15) is 18.9 Å². The van der Waals surface area contributed by atoms with Gasteiger partial charge in [-0.05, 0) is 19.8 Å². The molecule has 0 aromatic heterocycles. The van der Waals surface area contributed by atoms with E-state index < -0.39 is 5.60 Å². The van der Waals surface area contributed by atoms with E-state index in [0.29, 0.717) is 50.6 Å². The van der Waals surface area contributed by atoms with E-state index in [9.17, 15) is 15.2 Å². The minimum absolute atomic E-state index is 0.0731. The van der Waals surface area contributed by atoms with Crippen molar-refractivity contribution in [1.29, 1.82) is 0 Å². The normalized spacial score (nSPS) is 24.5. The molecule has 0 spiro atoms. The van der Waals surface area contributed by atoms with Gasteiger partial charge >= 0.3 is 0 Å². The monoisotopic (exact) mass is 308 g/mol. The van der Waals surface area contributed by atoms with Crippen LogP contribution in [0.25, 0.3) is 0 Å². The fourth-order valence-electron chi connectivity index (χ4n) is 2.92. The highest BCUT2D eigenvalue weighted by Crippen LogP contribution is 2.41. The molecule has 22 heavy (non-hydrogen) atoms. The van der Waals surface area contributed by atoms with Crippen molar-refractivity contribution in [2.75, 3.05) is 37.8 Å². The Labute approximate surface area is 128 Å². The quantitative estimate of drug-likeness (QED) is 0.673. The van der Waals surface area contributed by atoms with Crippen molar-refractivity contribution in [2.24, 2.45) is 0 Å². The van der Waals surface area contributed by atoms with Crippen LogP contribution in [0.2, 0.25) is 0 Å². The van der Waals surface area contributed by atoms with Gasteiger partial charge in [0.2, 0.25) is 0 Å². The zero-order valence-electron chi connectivity index (χ0n) is 12.6. The third-order valence-corrected chi connectivity index (χ3v) is 4.32. The highest BCUT2D eigenvalue weighted by Gasteiger charge is 2.34. The molecule has 1 atom stereocenters. The van der Waals surface area contributed by atoms with Gasteiger partial charge in [-0.3, -0.25) is 10.1 Å². The minimum atomic E-state index is -0.620. The Morgan fingerprint density at radius 2 is 2.14 bits per heavy atom. The van der Waals surface area contributed by atoms with Crippen LogP contribution in [0, 0.1) is 10.1 Å². The number of hydrogen-bond acceptors (Lipinski definition) is 6. The molecule has 1 fully saturated rings. The number of aryl methyl sites for hydroxylation is 1. The Kier molecular flexibility index (Phi) is 3.92. The Morgan fingerprint density at radius 1 is 1.41 bits per heavy atom. The summed E-state index contributed by atoms with van der Waals surface area (Å²) in [7, 11) is 0. The summed E-state index contributed by atoms with van der Waals surface area (Å²) in [6.45, 7) is 4.14. The van der Waals surface area contributed by atoms with Gasteiger partial charge in [-0.15, -0.1) is 0 Å². The maximum atomic E-state index is 11.4. The molecule has 2 heterocycles. The number of nitro benzene ring substituents is 1. The van der Waals surface area contributed by atoms with Gasteiger partial charge in [-0.25, -0.2) is 0 Å². The zero-order chi connectivity index (χ0) is 15.7. The molecule has 3 rings (SSSR count). The van der Waals surface area contributed by atoms with Gasteiger partial charge in [-0.2, -0.15) is 0 Å². The molecule has 1 aromatic carbocycles. The molecule has 2 aliphatic rings. The summed E-state index contributed by atoms with van der Waals surface area (Å²) in [4.78, 5) is 13.0. The second kappa shape index (κ2) is 5.73. The van der Waals surface area contributed by atoms with Crippen LogP contribution in [0.4, 0.5) is 11.4 Å². The van der Waals surface area contributed by atoms with E-state index in [1.807, 2.05) is 11.8 Å². The minimum Gasteiger partial charge on any atom is -0.485 e.